The maximum absolute atomic E-state index is 13.3. The third kappa shape index (κ3) is 3.97. The second-order valence-corrected chi connectivity index (χ2v) is 7.14. The van der Waals surface area contributed by atoms with Crippen LogP contribution in [0.1, 0.15) is 15.2 Å². The zero-order valence-corrected chi connectivity index (χ0v) is 15.6. The smallest absolute Gasteiger partial charge is 0.261 e. The number of rotatable bonds is 5. The normalized spacial score (nSPS) is 10.6. The Morgan fingerprint density at radius 2 is 1.64 bits per heavy atom. The molecule has 0 fully saturated rings. The summed E-state index contributed by atoms with van der Waals surface area (Å²) in [6, 6.07) is 19.4. The lowest BCUT2D eigenvalue weighted by Gasteiger charge is -2.22. The molecule has 0 atom stereocenters. The van der Waals surface area contributed by atoms with Crippen LogP contribution in [-0.2, 0) is 6.54 Å². The zero-order chi connectivity index (χ0) is 19.3. The van der Waals surface area contributed by atoms with E-state index in [-0.39, 0.29) is 11.7 Å². The van der Waals surface area contributed by atoms with Crippen LogP contribution in [0.2, 0.25) is 0 Å². The number of carbonyl (C=O) groups excluding carboxylic acids is 1. The number of nitrogens with zero attached hydrogens (tertiary/aromatic N) is 3. The highest BCUT2D eigenvalue weighted by molar-refractivity contribution is 7.09. The number of benzene rings is 2. The molecule has 0 N–H and O–H groups in total. The lowest BCUT2D eigenvalue weighted by Crippen LogP contribution is -2.30. The molecule has 0 unspecified atom stereocenters. The molecular weight excluding hydrogens is 373 g/mol. The van der Waals surface area contributed by atoms with Gasteiger partial charge in [0.25, 0.3) is 5.91 Å². The van der Waals surface area contributed by atoms with Crippen molar-refractivity contribution in [1.29, 1.82) is 0 Å². The first-order valence-corrected chi connectivity index (χ1v) is 9.56. The van der Waals surface area contributed by atoms with E-state index in [0.717, 1.165) is 10.4 Å². The van der Waals surface area contributed by atoms with Crippen LogP contribution in [0.4, 0.5) is 10.1 Å². The molecule has 0 aliphatic heterocycles. The van der Waals surface area contributed by atoms with Gasteiger partial charge in [0.2, 0.25) is 0 Å². The lowest BCUT2D eigenvalue weighted by molar-refractivity contribution is 0.0984. The van der Waals surface area contributed by atoms with E-state index in [1.165, 1.54) is 24.5 Å². The van der Waals surface area contributed by atoms with Crippen LogP contribution in [-0.4, -0.2) is 15.9 Å². The molecule has 0 radical (unpaired) electrons. The molecule has 4 nitrogen and oxygen atoms in total. The van der Waals surface area contributed by atoms with Gasteiger partial charge >= 0.3 is 0 Å². The average Bonchev–Trinajstić information content (AvgIpc) is 3.26. The molecule has 4 rings (SSSR count). The Labute approximate surface area is 165 Å². The van der Waals surface area contributed by atoms with Gasteiger partial charge in [-0.05, 0) is 35.7 Å². The fourth-order valence-electron chi connectivity index (χ4n) is 2.79. The highest BCUT2D eigenvalue weighted by Crippen LogP contribution is 2.23. The summed E-state index contributed by atoms with van der Waals surface area (Å²) in [5.41, 5.74) is 1.88. The van der Waals surface area contributed by atoms with Crippen molar-refractivity contribution >= 4 is 22.9 Å². The van der Waals surface area contributed by atoms with Gasteiger partial charge in [-0.15, -0.1) is 11.3 Å². The molecule has 28 heavy (non-hydrogen) atoms. The van der Waals surface area contributed by atoms with Gasteiger partial charge in [0.05, 0.1) is 12.1 Å². The zero-order valence-electron chi connectivity index (χ0n) is 14.8. The molecule has 4 aromatic rings. The van der Waals surface area contributed by atoms with Gasteiger partial charge in [0.1, 0.15) is 5.82 Å². The quantitative estimate of drug-likeness (QED) is 0.472. The maximum Gasteiger partial charge on any atom is 0.261 e. The molecule has 0 aliphatic carbocycles. The first-order valence-electron chi connectivity index (χ1n) is 8.68. The number of hydrogen-bond acceptors (Lipinski definition) is 4. The lowest BCUT2D eigenvalue weighted by atomic mass is 10.2. The highest BCUT2D eigenvalue weighted by atomic mass is 32.1. The minimum Gasteiger partial charge on any atom is -0.303 e. The summed E-state index contributed by atoms with van der Waals surface area (Å²) < 4.78 is 13.3. The number of carbonyl (C=O) groups is 1. The highest BCUT2D eigenvalue weighted by Gasteiger charge is 2.20. The largest absolute Gasteiger partial charge is 0.303 e. The fourth-order valence-corrected chi connectivity index (χ4v) is 3.48. The molecule has 0 saturated carbocycles. The minimum absolute atomic E-state index is 0.236. The number of aromatic nitrogens is 2. The predicted molar refractivity (Wildman–Crippen MR) is 109 cm³/mol. The van der Waals surface area contributed by atoms with Crippen molar-refractivity contribution < 1.29 is 9.18 Å². The maximum atomic E-state index is 13.3. The van der Waals surface area contributed by atoms with Gasteiger partial charge in [-0.1, -0.05) is 36.4 Å². The third-order valence-electron chi connectivity index (χ3n) is 4.21. The number of halogens is 1. The van der Waals surface area contributed by atoms with Crippen LogP contribution in [0.25, 0.3) is 11.4 Å². The topological polar surface area (TPSA) is 46.1 Å². The molecule has 0 saturated heterocycles. The average molecular weight is 389 g/mol. The molecule has 6 heteroatoms. The van der Waals surface area contributed by atoms with Crippen molar-refractivity contribution in [2.45, 2.75) is 6.54 Å². The van der Waals surface area contributed by atoms with Gasteiger partial charge in [-0.3, -0.25) is 4.79 Å². The van der Waals surface area contributed by atoms with Gasteiger partial charge in [-0.25, -0.2) is 14.4 Å². The van der Waals surface area contributed by atoms with Gasteiger partial charge in [0.15, 0.2) is 5.82 Å². The van der Waals surface area contributed by atoms with Crippen molar-refractivity contribution in [2.24, 2.45) is 0 Å². The summed E-state index contributed by atoms with van der Waals surface area (Å²) in [6.07, 6.45) is 3.06. The van der Waals surface area contributed by atoms with E-state index < -0.39 is 0 Å². The SMILES string of the molecule is O=C(c1cnc(-c2ccccc2)nc1)N(Cc1cccs1)c1ccc(F)cc1. The van der Waals surface area contributed by atoms with Crippen molar-refractivity contribution in [3.63, 3.8) is 0 Å². The van der Waals surface area contributed by atoms with Crippen LogP contribution in [0.15, 0.2) is 84.5 Å². The Balaban J connectivity index is 1.64. The van der Waals surface area contributed by atoms with Crippen LogP contribution < -0.4 is 4.90 Å². The summed E-state index contributed by atoms with van der Waals surface area (Å²) in [6.45, 7) is 0.391. The molecule has 138 valence electrons. The molecular formula is C22H16FN3OS. The monoisotopic (exact) mass is 389 g/mol. The number of anilines is 1. The summed E-state index contributed by atoms with van der Waals surface area (Å²) in [5, 5.41) is 1.96. The molecule has 0 bridgehead atoms. The Bertz CT molecular complexity index is 1050. The van der Waals surface area contributed by atoms with Crippen molar-refractivity contribution in [3.05, 3.63) is 101 Å². The molecule has 2 aromatic heterocycles. The van der Waals surface area contributed by atoms with Crippen LogP contribution in [0.5, 0.6) is 0 Å². The third-order valence-corrected chi connectivity index (χ3v) is 5.07. The van der Waals surface area contributed by atoms with E-state index >= 15 is 0 Å². The standard InChI is InChI=1S/C22H16FN3OS/c23-18-8-10-19(11-9-18)26(15-20-7-4-12-28-20)22(27)17-13-24-21(25-14-17)16-5-2-1-3-6-16/h1-14H,15H2. The molecule has 2 heterocycles. The number of amides is 1. The summed E-state index contributed by atoms with van der Waals surface area (Å²) in [4.78, 5) is 24.5. The van der Waals surface area contributed by atoms with Crippen molar-refractivity contribution in [2.75, 3.05) is 4.90 Å². The first-order chi connectivity index (χ1) is 13.7. The number of hydrogen-bond donors (Lipinski definition) is 0. The van der Waals surface area contributed by atoms with E-state index in [4.69, 9.17) is 0 Å². The number of thiophene rings is 1. The minimum atomic E-state index is -0.345. The Morgan fingerprint density at radius 1 is 0.929 bits per heavy atom. The van der Waals surface area contributed by atoms with Crippen molar-refractivity contribution in [1.82, 2.24) is 9.97 Å². The first kappa shape index (κ1) is 18.0. The van der Waals surface area contributed by atoms with E-state index in [2.05, 4.69) is 9.97 Å². The predicted octanol–water partition coefficient (Wildman–Crippen LogP) is 5.19. The van der Waals surface area contributed by atoms with Crippen LogP contribution >= 0.6 is 11.3 Å². The second kappa shape index (κ2) is 8.10. The van der Waals surface area contributed by atoms with Gasteiger partial charge in [-0.2, -0.15) is 0 Å². The van der Waals surface area contributed by atoms with E-state index in [1.807, 2.05) is 47.8 Å². The molecule has 0 aliphatic rings. The van der Waals surface area contributed by atoms with E-state index in [0.29, 0.717) is 23.6 Å². The molecule has 0 spiro atoms. The Kier molecular flexibility index (Phi) is 5.21. The molecule has 2 aromatic carbocycles. The van der Waals surface area contributed by atoms with E-state index in [9.17, 15) is 9.18 Å². The summed E-state index contributed by atoms with van der Waals surface area (Å²) >= 11 is 1.56. The van der Waals surface area contributed by atoms with Crippen molar-refractivity contribution in [3.8, 4) is 11.4 Å². The Hall–Kier alpha value is -3.38. The molecule has 1 amide bonds. The fraction of sp³-hybridized carbons (Fsp3) is 0.0455. The Morgan fingerprint density at radius 3 is 2.29 bits per heavy atom. The van der Waals surface area contributed by atoms with Gasteiger partial charge in [0, 0.05) is 28.5 Å². The summed E-state index contributed by atoms with van der Waals surface area (Å²) in [7, 11) is 0. The van der Waals surface area contributed by atoms with E-state index in [1.54, 1.807) is 28.4 Å². The van der Waals surface area contributed by atoms with Crippen LogP contribution in [0, 0.1) is 5.82 Å². The van der Waals surface area contributed by atoms with Crippen LogP contribution in [0.3, 0.4) is 0 Å². The summed E-state index contributed by atoms with van der Waals surface area (Å²) in [5.74, 6) is -0.0221. The second-order valence-electron chi connectivity index (χ2n) is 6.11. The van der Waals surface area contributed by atoms with Gasteiger partial charge < -0.3 is 4.90 Å².